The second kappa shape index (κ2) is 7.44. The summed E-state index contributed by atoms with van der Waals surface area (Å²) in [6.45, 7) is 0. The maximum Gasteiger partial charge on any atom is 0.291 e. The Morgan fingerprint density at radius 2 is 1.88 bits per heavy atom. The molecule has 6 rings (SSSR count). The van der Waals surface area contributed by atoms with Crippen molar-refractivity contribution >= 4 is 39.5 Å². The number of aromatic nitrogens is 4. The molecule has 0 aliphatic carbocycles. The van der Waals surface area contributed by atoms with Gasteiger partial charge in [0.05, 0.1) is 10.6 Å². The Hall–Kier alpha value is -4.30. The molecule has 8 heteroatoms. The summed E-state index contributed by atoms with van der Waals surface area (Å²) in [6, 6.07) is 24.5. The maximum atomic E-state index is 12.7. The number of hydrogen-bond acceptors (Lipinski definition) is 6. The number of hydrogen-bond donors (Lipinski definition) is 1. The molecule has 2 aromatic carbocycles. The maximum absolute atomic E-state index is 12.7. The van der Waals surface area contributed by atoms with E-state index in [-0.39, 0.29) is 11.7 Å². The topological polar surface area (TPSA) is 85.3 Å². The van der Waals surface area contributed by atoms with Gasteiger partial charge in [-0.2, -0.15) is 9.61 Å². The lowest BCUT2D eigenvalue weighted by atomic mass is 10.1. The Labute approximate surface area is 186 Å². The van der Waals surface area contributed by atoms with Gasteiger partial charge in [-0.05, 0) is 47.8 Å². The summed E-state index contributed by atoms with van der Waals surface area (Å²) in [6.07, 6.45) is 0. The molecular weight excluding hydrogens is 422 g/mol. The number of para-hydroxylation sites is 1. The van der Waals surface area contributed by atoms with Crippen molar-refractivity contribution in [1.29, 1.82) is 0 Å². The normalized spacial score (nSPS) is 11.2. The molecule has 0 aliphatic heterocycles. The van der Waals surface area contributed by atoms with Crippen molar-refractivity contribution in [3.63, 3.8) is 0 Å². The van der Waals surface area contributed by atoms with E-state index in [4.69, 9.17) is 9.52 Å². The highest BCUT2D eigenvalue weighted by Crippen LogP contribution is 2.26. The van der Waals surface area contributed by atoms with Crippen molar-refractivity contribution in [2.75, 3.05) is 5.32 Å². The van der Waals surface area contributed by atoms with E-state index in [1.54, 1.807) is 21.9 Å². The number of rotatable bonds is 4. The van der Waals surface area contributed by atoms with Crippen molar-refractivity contribution in [1.82, 2.24) is 19.8 Å². The highest BCUT2D eigenvalue weighted by molar-refractivity contribution is 7.13. The molecule has 32 heavy (non-hydrogen) atoms. The summed E-state index contributed by atoms with van der Waals surface area (Å²) in [5, 5.41) is 19.0. The van der Waals surface area contributed by atoms with Crippen molar-refractivity contribution in [3.8, 4) is 22.0 Å². The minimum absolute atomic E-state index is 0.265. The fourth-order valence-electron chi connectivity index (χ4n) is 3.55. The van der Waals surface area contributed by atoms with Crippen LogP contribution in [0.1, 0.15) is 10.6 Å². The molecule has 1 N–H and O–H groups in total. The number of benzene rings is 2. The van der Waals surface area contributed by atoms with Gasteiger partial charge in [-0.15, -0.1) is 21.5 Å². The molecule has 0 radical (unpaired) electrons. The Bertz CT molecular complexity index is 1550. The fourth-order valence-corrected chi connectivity index (χ4v) is 4.24. The number of thiophene rings is 1. The first-order valence-corrected chi connectivity index (χ1v) is 10.8. The lowest BCUT2D eigenvalue weighted by Crippen LogP contribution is -2.10. The molecule has 0 atom stereocenters. The summed E-state index contributed by atoms with van der Waals surface area (Å²) >= 11 is 1.59. The van der Waals surface area contributed by atoms with E-state index in [2.05, 4.69) is 15.5 Å². The second-order valence-electron chi connectivity index (χ2n) is 7.17. The Morgan fingerprint density at radius 3 is 2.75 bits per heavy atom. The van der Waals surface area contributed by atoms with Crippen LogP contribution in [0.5, 0.6) is 0 Å². The van der Waals surface area contributed by atoms with Gasteiger partial charge in [-0.1, -0.05) is 36.4 Å². The molecule has 0 aliphatic rings. The van der Waals surface area contributed by atoms with Gasteiger partial charge >= 0.3 is 0 Å². The molecule has 7 nitrogen and oxygen atoms in total. The summed E-state index contributed by atoms with van der Waals surface area (Å²) in [7, 11) is 0. The summed E-state index contributed by atoms with van der Waals surface area (Å²) in [5.74, 6) is 0.660. The average molecular weight is 437 g/mol. The van der Waals surface area contributed by atoms with Crippen LogP contribution in [0.4, 0.5) is 5.69 Å². The summed E-state index contributed by atoms with van der Waals surface area (Å²) < 4.78 is 7.40. The van der Waals surface area contributed by atoms with E-state index in [0.29, 0.717) is 22.7 Å². The monoisotopic (exact) mass is 437 g/mol. The zero-order chi connectivity index (χ0) is 21.5. The molecule has 0 unspecified atom stereocenters. The second-order valence-corrected chi connectivity index (χ2v) is 8.12. The van der Waals surface area contributed by atoms with Crippen LogP contribution in [0.25, 0.3) is 38.6 Å². The molecule has 0 saturated heterocycles. The standard InChI is InChI=1S/C24H15N5O2S/c30-24(20-14-16-5-1-2-8-19(16)31-20)25-17-7-3-6-15(13-17)18-10-11-22-26-27-23(29(22)28-18)21-9-4-12-32-21/h1-14H,(H,25,30). The molecule has 0 saturated carbocycles. The van der Waals surface area contributed by atoms with Crippen molar-refractivity contribution in [3.05, 3.63) is 90.0 Å². The highest BCUT2D eigenvalue weighted by Gasteiger charge is 2.14. The summed E-state index contributed by atoms with van der Waals surface area (Å²) in [4.78, 5) is 13.7. The van der Waals surface area contributed by atoms with Gasteiger partial charge in [0.2, 0.25) is 0 Å². The van der Waals surface area contributed by atoms with E-state index in [0.717, 1.165) is 21.5 Å². The number of anilines is 1. The first kappa shape index (κ1) is 18.5. The number of nitrogens with one attached hydrogen (secondary N) is 1. The van der Waals surface area contributed by atoms with Gasteiger partial charge in [-0.3, -0.25) is 4.79 Å². The number of furan rings is 1. The van der Waals surface area contributed by atoms with Crippen LogP contribution in [0.3, 0.4) is 0 Å². The van der Waals surface area contributed by atoms with Crippen LogP contribution in [0.15, 0.2) is 88.7 Å². The first-order valence-electron chi connectivity index (χ1n) is 9.91. The largest absolute Gasteiger partial charge is 0.451 e. The molecule has 4 aromatic heterocycles. The average Bonchev–Trinajstić information content (AvgIpc) is 3.57. The van der Waals surface area contributed by atoms with Gasteiger partial charge in [0.25, 0.3) is 5.91 Å². The minimum atomic E-state index is -0.305. The van der Waals surface area contributed by atoms with E-state index in [9.17, 15) is 4.79 Å². The molecule has 154 valence electrons. The smallest absolute Gasteiger partial charge is 0.291 e. The summed E-state index contributed by atoms with van der Waals surface area (Å²) in [5.41, 5.74) is 3.61. The van der Waals surface area contributed by atoms with Crippen LogP contribution in [0, 0.1) is 0 Å². The fraction of sp³-hybridized carbons (Fsp3) is 0. The van der Waals surface area contributed by atoms with Crippen molar-refractivity contribution < 1.29 is 9.21 Å². The predicted molar refractivity (Wildman–Crippen MR) is 124 cm³/mol. The lowest BCUT2D eigenvalue weighted by molar-refractivity contribution is 0.0998. The van der Waals surface area contributed by atoms with Gasteiger partial charge in [0, 0.05) is 16.6 Å². The zero-order valence-electron chi connectivity index (χ0n) is 16.6. The van der Waals surface area contributed by atoms with Gasteiger partial charge in [0.1, 0.15) is 5.58 Å². The Morgan fingerprint density at radius 1 is 0.938 bits per heavy atom. The van der Waals surface area contributed by atoms with Gasteiger partial charge in [-0.25, -0.2) is 0 Å². The third-order valence-electron chi connectivity index (χ3n) is 5.07. The minimum Gasteiger partial charge on any atom is -0.451 e. The SMILES string of the molecule is O=C(Nc1cccc(-c2ccc3nnc(-c4cccs4)n3n2)c1)c1cc2ccccc2o1. The molecule has 4 heterocycles. The third-order valence-corrected chi connectivity index (χ3v) is 5.94. The van der Waals surface area contributed by atoms with Gasteiger partial charge < -0.3 is 9.73 Å². The van der Waals surface area contributed by atoms with Crippen molar-refractivity contribution in [2.24, 2.45) is 0 Å². The molecular formula is C24H15N5O2S. The number of nitrogens with zero attached hydrogens (tertiary/aromatic N) is 4. The predicted octanol–water partition coefficient (Wildman–Crippen LogP) is 5.52. The van der Waals surface area contributed by atoms with E-state index in [1.807, 2.05) is 78.2 Å². The molecule has 6 aromatic rings. The van der Waals surface area contributed by atoms with E-state index < -0.39 is 0 Å². The number of carbonyl (C=O) groups is 1. The van der Waals surface area contributed by atoms with E-state index in [1.165, 1.54) is 0 Å². The van der Waals surface area contributed by atoms with Crippen LogP contribution < -0.4 is 5.32 Å². The Balaban J connectivity index is 1.31. The van der Waals surface area contributed by atoms with Crippen molar-refractivity contribution in [2.45, 2.75) is 0 Å². The van der Waals surface area contributed by atoms with Crippen LogP contribution in [-0.2, 0) is 0 Å². The number of carbonyl (C=O) groups excluding carboxylic acids is 1. The van der Waals surface area contributed by atoms with Crippen LogP contribution in [0.2, 0.25) is 0 Å². The number of amides is 1. The number of fused-ring (bicyclic) bond motifs is 2. The third kappa shape index (κ3) is 3.23. The molecule has 0 spiro atoms. The van der Waals surface area contributed by atoms with Gasteiger partial charge in [0.15, 0.2) is 17.2 Å². The lowest BCUT2D eigenvalue weighted by Gasteiger charge is -2.07. The molecule has 1 amide bonds. The van der Waals surface area contributed by atoms with Crippen LogP contribution >= 0.6 is 11.3 Å². The zero-order valence-corrected chi connectivity index (χ0v) is 17.4. The quantitative estimate of drug-likeness (QED) is 0.393. The molecule has 0 bridgehead atoms. The highest BCUT2D eigenvalue weighted by atomic mass is 32.1. The Kier molecular flexibility index (Phi) is 4.29. The molecule has 0 fully saturated rings. The van der Waals surface area contributed by atoms with Crippen LogP contribution in [-0.4, -0.2) is 25.7 Å². The first-order chi connectivity index (χ1) is 15.7. The van der Waals surface area contributed by atoms with E-state index >= 15 is 0 Å².